The Kier molecular flexibility index (Phi) is 6.76. The van der Waals surface area contributed by atoms with Crippen molar-refractivity contribution in [1.82, 2.24) is 4.98 Å². The number of benzene rings is 5. The smallest absolute Gasteiger partial charge is 0.333 e. The van der Waals surface area contributed by atoms with E-state index in [0.717, 1.165) is 32.9 Å². The Bertz CT molecular complexity index is 2230. The zero-order valence-electron chi connectivity index (χ0n) is 27.0. The summed E-state index contributed by atoms with van der Waals surface area (Å²) in [5, 5.41) is 12.6. The second kappa shape index (κ2) is 10.8. The molecule has 0 bridgehead atoms. The lowest BCUT2D eigenvalue weighted by Gasteiger charge is -2.37. The summed E-state index contributed by atoms with van der Waals surface area (Å²) in [6.45, 7) is 7.25. The van der Waals surface area contributed by atoms with Gasteiger partial charge >= 0.3 is 7.48 Å². The lowest BCUT2D eigenvalue weighted by Crippen LogP contribution is -2.49. The summed E-state index contributed by atoms with van der Waals surface area (Å²) >= 11 is 0. The lowest BCUT2D eigenvalue weighted by atomic mass is 9.67. The maximum atomic E-state index is 10.7. The molecule has 0 unspecified atom stereocenters. The Labute approximate surface area is 276 Å². The van der Waals surface area contributed by atoms with E-state index in [-0.39, 0.29) is 0 Å². The van der Waals surface area contributed by atoms with E-state index in [2.05, 4.69) is 120 Å². The van der Waals surface area contributed by atoms with Gasteiger partial charge in [0.1, 0.15) is 5.58 Å². The minimum absolute atomic E-state index is 0.463. The van der Waals surface area contributed by atoms with Crippen LogP contribution in [0.5, 0.6) is 0 Å². The van der Waals surface area contributed by atoms with E-state index in [9.17, 15) is 5.11 Å². The van der Waals surface area contributed by atoms with Crippen LogP contribution in [-0.2, 0) is 10.1 Å². The van der Waals surface area contributed by atoms with Gasteiger partial charge in [0.15, 0.2) is 5.58 Å². The van der Waals surface area contributed by atoms with Gasteiger partial charge in [-0.25, -0.2) is 0 Å². The van der Waals surface area contributed by atoms with Gasteiger partial charge < -0.3 is 14.2 Å². The van der Waals surface area contributed by atoms with Crippen LogP contribution in [0, 0.1) is 0 Å². The van der Waals surface area contributed by atoms with Crippen molar-refractivity contribution in [3.8, 4) is 22.3 Å². The first-order valence-corrected chi connectivity index (χ1v) is 16.1. The second-order valence-corrected chi connectivity index (χ2v) is 13.5. The Morgan fingerprint density at radius 1 is 0.660 bits per heavy atom. The highest BCUT2D eigenvalue weighted by Crippen LogP contribution is 2.56. The first kappa shape index (κ1) is 29.4. The normalized spacial score (nSPS) is 13.9. The number of hydrogen-bond donors (Lipinski definition) is 1. The van der Waals surface area contributed by atoms with Crippen LogP contribution >= 0.6 is 0 Å². The van der Waals surface area contributed by atoms with Crippen LogP contribution in [0.15, 0.2) is 138 Å². The zero-order chi connectivity index (χ0) is 32.4. The Morgan fingerprint density at radius 3 is 1.98 bits per heavy atom. The largest absolute Gasteiger partial charge is 0.454 e. The molecule has 0 spiro atoms. The summed E-state index contributed by atoms with van der Waals surface area (Å²) in [5.41, 5.74) is 9.73. The van der Waals surface area contributed by atoms with Gasteiger partial charge in [0.25, 0.3) is 0 Å². The van der Waals surface area contributed by atoms with E-state index >= 15 is 0 Å². The number of pyridine rings is 1. The predicted octanol–water partition coefficient (Wildman–Crippen LogP) is 8.82. The molecule has 2 aromatic heterocycles. The summed E-state index contributed by atoms with van der Waals surface area (Å²) in [6, 6.07) is 43.8. The number of hydrogen-bond acceptors (Lipinski definition) is 4. The molecule has 0 aliphatic heterocycles. The van der Waals surface area contributed by atoms with E-state index in [0.29, 0.717) is 5.58 Å². The Morgan fingerprint density at radius 2 is 1.28 bits per heavy atom. The van der Waals surface area contributed by atoms with E-state index in [4.69, 9.17) is 9.07 Å². The minimum Gasteiger partial charge on any atom is -0.454 e. The standard InChI is InChI=1S/C42H35BNO3/c1-40(2,45)41(3,4)47-43-36-25-44-26-38-39(36)33-23-27(20-22-37(33)46-38)28-19-21-32-31-17-11-12-18-34(31)42(35(32)24-28,29-13-7-5-8-14-29)30-15-9-6-10-16-30/h5-26,45H,1-4H3. The fraction of sp³-hybridized carbons (Fsp3) is 0.167. The van der Waals surface area contributed by atoms with Crippen molar-refractivity contribution >= 4 is 34.9 Å². The number of rotatable bonds is 7. The van der Waals surface area contributed by atoms with Gasteiger partial charge in [-0.15, -0.1) is 0 Å². The van der Waals surface area contributed by atoms with Crippen molar-refractivity contribution in [3.63, 3.8) is 0 Å². The van der Waals surface area contributed by atoms with Gasteiger partial charge in [0, 0.05) is 17.0 Å². The number of furan rings is 1. The summed E-state index contributed by atoms with van der Waals surface area (Å²) in [6.07, 6.45) is 3.53. The first-order valence-electron chi connectivity index (χ1n) is 16.1. The summed E-state index contributed by atoms with van der Waals surface area (Å²) in [7, 11) is 1.69. The molecule has 8 rings (SSSR count). The highest BCUT2D eigenvalue weighted by atomic mass is 16.5. The van der Waals surface area contributed by atoms with Crippen LogP contribution in [0.2, 0.25) is 0 Å². The molecule has 7 aromatic rings. The quantitative estimate of drug-likeness (QED) is 0.183. The molecule has 1 radical (unpaired) electrons. The first-order chi connectivity index (χ1) is 22.7. The molecule has 0 fully saturated rings. The topological polar surface area (TPSA) is 55.5 Å². The van der Waals surface area contributed by atoms with E-state index in [1.165, 1.54) is 33.4 Å². The van der Waals surface area contributed by atoms with Gasteiger partial charge in [0.2, 0.25) is 0 Å². The number of aliphatic hydroxyl groups is 1. The van der Waals surface area contributed by atoms with Crippen LogP contribution in [0.3, 0.4) is 0 Å². The van der Waals surface area contributed by atoms with Crippen molar-refractivity contribution in [2.45, 2.75) is 44.3 Å². The maximum absolute atomic E-state index is 10.7. The minimum atomic E-state index is -1.04. The molecule has 5 aromatic carbocycles. The monoisotopic (exact) mass is 612 g/mol. The molecule has 4 nitrogen and oxygen atoms in total. The molecule has 0 saturated heterocycles. The van der Waals surface area contributed by atoms with Gasteiger partial charge in [-0.05, 0) is 95.9 Å². The van der Waals surface area contributed by atoms with Crippen LogP contribution in [0.25, 0.3) is 44.2 Å². The van der Waals surface area contributed by atoms with Crippen molar-refractivity contribution in [3.05, 3.63) is 156 Å². The highest BCUT2D eigenvalue weighted by Gasteiger charge is 2.46. The molecule has 47 heavy (non-hydrogen) atoms. The van der Waals surface area contributed by atoms with Crippen LogP contribution < -0.4 is 5.46 Å². The van der Waals surface area contributed by atoms with Crippen molar-refractivity contribution in [2.24, 2.45) is 0 Å². The fourth-order valence-corrected chi connectivity index (χ4v) is 7.00. The third kappa shape index (κ3) is 4.56. The molecule has 0 saturated carbocycles. The van der Waals surface area contributed by atoms with Crippen LogP contribution in [0.4, 0.5) is 0 Å². The molecule has 2 heterocycles. The van der Waals surface area contributed by atoms with Gasteiger partial charge in [-0.2, -0.15) is 0 Å². The molecule has 229 valence electrons. The summed E-state index contributed by atoms with van der Waals surface area (Å²) in [4.78, 5) is 4.42. The van der Waals surface area contributed by atoms with Crippen molar-refractivity contribution in [1.29, 1.82) is 0 Å². The molecular formula is C42H35BNO3. The van der Waals surface area contributed by atoms with Crippen LogP contribution in [0.1, 0.15) is 49.9 Å². The Balaban J connectivity index is 1.31. The maximum Gasteiger partial charge on any atom is 0.333 e. The fourth-order valence-electron chi connectivity index (χ4n) is 7.00. The molecule has 5 heteroatoms. The van der Waals surface area contributed by atoms with E-state index in [1.54, 1.807) is 33.7 Å². The average Bonchev–Trinajstić information content (AvgIpc) is 3.61. The highest BCUT2D eigenvalue weighted by molar-refractivity contribution is 6.52. The average molecular weight is 613 g/mol. The second-order valence-electron chi connectivity index (χ2n) is 13.5. The van der Waals surface area contributed by atoms with Crippen molar-refractivity contribution in [2.75, 3.05) is 0 Å². The third-order valence-corrected chi connectivity index (χ3v) is 10.2. The van der Waals surface area contributed by atoms with Gasteiger partial charge in [-0.3, -0.25) is 4.98 Å². The molecule has 1 N–H and O–H groups in total. The molecule has 1 aliphatic carbocycles. The van der Waals surface area contributed by atoms with Crippen molar-refractivity contribution < 1.29 is 14.2 Å². The number of aromatic nitrogens is 1. The SMILES string of the molecule is CC(C)(O)C(C)(C)O[B]c1cncc2oc3ccc(-c4ccc5c(c4)C(c4ccccc4)(c4ccccc4)c4ccccc4-5)cc3c12. The third-order valence-electron chi connectivity index (χ3n) is 10.2. The predicted molar refractivity (Wildman–Crippen MR) is 191 cm³/mol. The summed E-state index contributed by atoms with van der Waals surface area (Å²) in [5.74, 6) is 0. The molecule has 0 atom stereocenters. The number of nitrogens with zero attached hydrogens (tertiary/aromatic N) is 1. The van der Waals surface area contributed by atoms with Gasteiger partial charge in [0.05, 0.1) is 22.8 Å². The van der Waals surface area contributed by atoms with E-state index in [1.807, 2.05) is 19.9 Å². The molecular weight excluding hydrogens is 577 g/mol. The lowest BCUT2D eigenvalue weighted by molar-refractivity contribution is -0.0893. The molecule has 1 aliphatic rings. The van der Waals surface area contributed by atoms with Gasteiger partial charge in [-0.1, -0.05) is 103 Å². The van der Waals surface area contributed by atoms with Crippen LogP contribution in [-0.4, -0.2) is 28.8 Å². The molecule has 0 amide bonds. The zero-order valence-corrected chi connectivity index (χ0v) is 27.0. The Hall–Kier alpha value is -4.97. The summed E-state index contributed by atoms with van der Waals surface area (Å²) < 4.78 is 12.4. The van der Waals surface area contributed by atoms with E-state index < -0.39 is 16.6 Å². The number of fused-ring (bicyclic) bond motifs is 6.